The molecule has 0 spiro atoms. The summed E-state index contributed by atoms with van der Waals surface area (Å²) < 4.78 is 16.3. The van der Waals surface area contributed by atoms with Gasteiger partial charge < -0.3 is 70.4 Å². The highest BCUT2D eigenvalue weighted by Gasteiger charge is 2.17. The number of morpholine rings is 3. The predicted octanol–water partition coefficient (Wildman–Crippen LogP) is -1.78. The Kier molecular flexibility index (Phi) is 30.3. The van der Waals surface area contributed by atoms with Crippen LogP contribution in [0.25, 0.3) is 0 Å². The molecule has 2 aromatic rings. The number of aliphatic hydroxyl groups is 2. The number of aliphatic carboxylic acids is 4. The number of nitrogens with one attached hydrogen (secondary N) is 1. The van der Waals surface area contributed by atoms with E-state index in [0.717, 1.165) is 53.1 Å². The number of benzene rings is 2. The maximum atomic E-state index is 10.2. The quantitative estimate of drug-likeness (QED) is 0.181. The SMILES string of the molecule is CC(=O)O.CC(=O)[O-].CC1CNCC(C)O1.C[C@@H]1C[NH2+]C[C@@H](C)O1.C[C@H]1C[NH2+]C[C@H](C)O1.O=C(O)[C@H](O)c1ccccc1.O=C([O-])[C@H](O)c1ccccc1. The largest absolute Gasteiger partial charge is 0.550 e. The second kappa shape index (κ2) is 31.4. The molecule has 3 fully saturated rings. The van der Waals surface area contributed by atoms with Crippen LogP contribution in [-0.4, -0.2) is 120 Å². The highest BCUT2D eigenvalue weighted by atomic mass is 16.5. The Bertz CT molecular complexity index is 1130. The van der Waals surface area contributed by atoms with Gasteiger partial charge in [-0.15, -0.1) is 0 Å². The molecule has 0 bridgehead atoms. The first-order valence-corrected chi connectivity index (χ1v) is 17.8. The molecule has 2 aromatic carbocycles. The Hall–Kier alpha value is -4.00. The van der Waals surface area contributed by atoms with Crippen LogP contribution in [0.1, 0.15) is 78.7 Å². The molecule has 0 aromatic heterocycles. The zero-order valence-corrected chi connectivity index (χ0v) is 32.8. The predicted molar refractivity (Wildman–Crippen MR) is 196 cm³/mol. The van der Waals surface area contributed by atoms with Crippen molar-refractivity contribution in [3.05, 3.63) is 71.8 Å². The maximum Gasteiger partial charge on any atom is 0.337 e. The van der Waals surface area contributed by atoms with E-state index in [1.807, 2.05) is 0 Å². The van der Waals surface area contributed by atoms with E-state index in [1.165, 1.54) is 12.1 Å². The Morgan fingerprint density at radius 3 is 1.09 bits per heavy atom. The molecule has 8 atom stereocenters. The first-order valence-electron chi connectivity index (χ1n) is 17.8. The third-order valence-corrected chi connectivity index (χ3v) is 6.94. The minimum absolute atomic E-state index is 0.340. The molecule has 3 saturated heterocycles. The topological polar surface area (TPSA) is 268 Å². The van der Waals surface area contributed by atoms with Crippen molar-refractivity contribution in [1.29, 1.82) is 0 Å². The number of ether oxygens (including phenoxy) is 3. The van der Waals surface area contributed by atoms with Gasteiger partial charge in [0.1, 0.15) is 56.7 Å². The van der Waals surface area contributed by atoms with Crippen molar-refractivity contribution in [2.75, 3.05) is 39.3 Å². The molecular formula is C38H63N3O13. The lowest BCUT2D eigenvalue weighted by Gasteiger charge is -2.25. The van der Waals surface area contributed by atoms with Gasteiger partial charge in [0.25, 0.3) is 5.97 Å². The van der Waals surface area contributed by atoms with Gasteiger partial charge in [0, 0.05) is 26.0 Å². The van der Waals surface area contributed by atoms with E-state index in [9.17, 15) is 14.7 Å². The molecule has 3 heterocycles. The molecule has 2 unspecified atom stereocenters. The first-order chi connectivity index (χ1) is 25.3. The number of hydrogen-bond donors (Lipinski definition) is 7. The average molecular weight is 770 g/mol. The molecule has 308 valence electrons. The standard InChI is InChI=1S/2C8H8O3.3C6H13NO.2C2H4O2/c2*9-7(8(10)11)6-4-2-1-3-5-6;3*1-5-3-7-4-6(2)8-5;2*1-2(3)4/h2*1-5,7,9H,(H,10,11);3*5-7H,3-4H2,1-2H3;2*1H3,(H,3,4)/t2*7-;2*5-,6-;;;/m1110.../s1. The van der Waals surface area contributed by atoms with Gasteiger partial charge in [-0.3, -0.25) is 4.79 Å². The molecule has 3 aliphatic heterocycles. The van der Waals surface area contributed by atoms with Gasteiger partial charge in [0.05, 0.1) is 18.2 Å². The minimum Gasteiger partial charge on any atom is -0.550 e. The number of hydrogen-bond acceptors (Lipinski definition) is 12. The highest BCUT2D eigenvalue weighted by Crippen LogP contribution is 2.11. The Labute approximate surface area is 318 Å². The molecular weight excluding hydrogens is 706 g/mol. The van der Waals surface area contributed by atoms with Crippen molar-refractivity contribution in [3.8, 4) is 0 Å². The van der Waals surface area contributed by atoms with Crippen molar-refractivity contribution in [2.45, 2.75) is 104 Å². The number of carbonyl (C=O) groups excluding carboxylic acids is 2. The zero-order valence-electron chi connectivity index (χ0n) is 32.8. The Morgan fingerprint density at radius 1 is 0.611 bits per heavy atom. The van der Waals surface area contributed by atoms with Gasteiger partial charge in [-0.05, 0) is 59.6 Å². The van der Waals surface area contributed by atoms with Crippen molar-refractivity contribution >= 4 is 23.9 Å². The number of carboxylic acid groups (broad SMARTS) is 4. The van der Waals surface area contributed by atoms with Crippen LogP contribution in [0.15, 0.2) is 60.7 Å². The molecule has 0 aliphatic carbocycles. The second-order valence-electron chi connectivity index (χ2n) is 12.7. The van der Waals surface area contributed by atoms with Crippen LogP contribution in [0.3, 0.4) is 0 Å². The summed E-state index contributed by atoms with van der Waals surface area (Å²) >= 11 is 0. The van der Waals surface area contributed by atoms with Crippen LogP contribution < -0.4 is 26.2 Å². The first kappa shape index (κ1) is 52.1. The molecule has 0 saturated carbocycles. The second-order valence-corrected chi connectivity index (χ2v) is 12.7. The summed E-state index contributed by atoms with van der Waals surface area (Å²) in [5.41, 5.74) is 0.743. The van der Waals surface area contributed by atoms with Crippen molar-refractivity contribution in [2.24, 2.45) is 0 Å². The minimum atomic E-state index is -1.52. The molecule has 54 heavy (non-hydrogen) atoms. The van der Waals surface area contributed by atoms with Crippen LogP contribution in [-0.2, 0) is 33.4 Å². The summed E-state index contributed by atoms with van der Waals surface area (Å²) in [6, 6.07) is 16.4. The van der Waals surface area contributed by atoms with Gasteiger partial charge in [0.2, 0.25) is 0 Å². The molecule has 16 nitrogen and oxygen atoms in total. The van der Waals surface area contributed by atoms with Gasteiger partial charge >= 0.3 is 5.97 Å². The van der Waals surface area contributed by atoms with Crippen LogP contribution in [0.5, 0.6) is 0 Å². The van der Waals surface area contributed by atoms with Gasteiger partial charge in [-0.25, -0.2) is 4.79 Å². The number of nitrogens with two attached hydrogens (primary N) is 2. The number of aliphatic hydroxyl groups excluding tert-OH is 2. The average Bonchev–Trinajstić information content (AvgIpc) is 3.09. The van der Waals surface area contributed by atoms with Crippen LogP contribution in [0.4, 0.5) is 0 Å². The van der Waals surface area contributed by atoms with Crippen LogP contribution in [0, 0.1) is 0 Å². The third-order valence-electron chi connectivity index (χ3n) is 6.94. The Morgan fingerprint density at radius 2 is 0.889 bits per heavy atom. The fourth-order valence-corrected chi connectivity index (χ4v) is 4.68. The van der Waals surface area contributed by atoms with E-state index in [4.69, 9.17) is 49.3 Å². The van der Waals surface area contributed by atoms with E-state index in [2.05, 4.69) is 57.5 Å². The smallest absolute Gasteiger partial charge is 0.337 e. The lowest BCUT2D eigenvalue weighted by Crippen LogP contribution is -2.90. The fraction of sp³-hybridized carbons (Fsp3) is 0.579. The van der Waals surface area contributed by atoms with Crippen molar-refractivity contribution in [3.63, 3.8) is 0 Å². The number of quaternary nitrogens is 2. The van der Waals surface area contributed by atoms with Crippen molar-refractivity contribution < 1.29 is 74.7 Å². The number of carboxylic acids is 4. The van der Waals surface area contributed by atoms with E-state index >= 15 is 0 Å². The monoisotopic (exact) mass is 769 g/mol. The summed E-state index contributed by atoms with van der Waals surface area (Å²) in [4.78, 5) is 38.3. The molecule has 16 heteroatoms. The molecule has 0 amide bonds. The highest BCUT2D eigenvalue weighted by molar-refractivity contribution is 5.74. The summed E-state index contributed by atoms with van der Waals surface area (Å²) in [6.45, 7) is 21.2. The zero-order chi connectivity index (χ0) is 41.6. The van der Waals surface area contributed by atoms with Crippen LogP contribution in [0.2, 0.25) is 0 Å². The van der Waals surface area contributed by atoms with E-state index in [0.29, 0.717) is 47.8 Å². The van der Waals surface area contributed by atoms with E-state index in [-0.39, 0.29) is 0 Å². The summed E-state index contributed by atoms with van der Waals surface area (Å²) in [7, 11) is 0. The van der Waals surface area contributed by atoms with Crippen molar-refractivity contribution in [1.82, 2.24) is 5.32 Å². The van der Waals surface area contributed by atoms with Gasteiger partial charge in [-0.2, -0.15) is 0 Å². The normalized spacial score (nSPS) is 23.7. The molecule has 0 radical (unpaired) electrons. The number of carbonyl (C=O) groups is 4. The lowest BCUT2D eigenvalue weighted by molar-refractivity contribution is -0.683. The van der Waals surface area contributed by atoms with E-state index < -0.39 is 36.1 Å². The summed E-state index contributed by atoms with van der Waals surface area (Å²) in [5, 5.41) is 60.6. The fourth-order valence-electron chi connectivity index (χ4n) is 4.68. The molecule has 9 N–H and O–H groups in total. The summed E-state index contributed by atoms with van der Waals surface area (Å²) in [5.74, 6) is -4.62. The molecule has 3 aliphatic rings. The molecule has 5 rings (SSSR count). The maximum absolute atomic E-state index is 10.2. The lowest BCUT2D eigenvalue weighted by atomic mass is 10.1. The Balaban J connectivity index is 0. The van der Waals surface area contributed by atoms with Gasteiger partial charge in [-0.1, -0.05) is 60.7 Å². The summed E-state index contributed by atoms with van der Waals surface area (Å²) in [6.07, 6.45) is -0.292. The van der Waals surface area contributed by atoms with Crippen LogP contribution >= 0.6 is 0 Å². The van der Waals surface area contributed by atoms with E-state index in [1.54, 1.807) is 48.5 Å². The van der Waals surface area contributed by atoms with Gasteiger partial charge in [0.15, 0.2) is 6.10 Å². The third kappa shape index (κ3) is 31.5. The number of rotatable bonds is 4.